The molecule has 0 spiro atoms. The Morgan fingerprint density at radius 1 is 1.11 bits per heavy atom. The van der Waals surface area contributed by atoms with Crippen molar-refractivity contribution in [3.8, 4) is 0 Å². The molecule has 8 nitrogen and oxygen atoms in total. The first-order valence-electron chi connectivity index (χ1n) is 10.9. The number of halogens is 3. The van der Waals surface area contributed by atoms with Gasteiger partial charge in [0.1, 0.15) is 0 Å². The lowest BCUT2D eigenvalue weighted by atomic mass is 10.1. The van der Waals surface area contributed by atoms with Crippen LogP contribution in [0.3, 0.4) is 0 Å². The van der Waals surface area contributed by atoms with Crippen molar-refractivity contribution in [3.05, 3.63) is 86.8 Å². The molecule has 3 aromatic rings. The van der Waals surface area contributed by atoms with Gasteiger partial charge in [0.05, 0.1) is 23.4 Å². The van der Waals surface area contributed by atoms with Gasteiger partial charge in [0.2, 0.25) is 5.95 Å². The molecule has 0 bridgehead atoms. The molecule has 184 valence electrons. The third-order valence-corrected chi connectivity index (χ3v) is 5.78. The minimum atomic E-state index is -4.40. The lowest BCUT2D eigenvalue weighted by Crippen LogP contribution is -2.45. The van der Waals surface area contributed by atoms with Gasteiger partial charge >= 0.3 is 6.18 Å². The van der Waals surface area contributed by atoms with Gasteiger partial charge in [-0.05, 0) is 42.0 Å². The fourth-order valence-electron chi connectivity index (χ4n) is 3.93. The number of carbonyl (C=O) groups is 1. The number of hydrogen-bond acceptors (Lipinski definition) is 6. The summed E-state index contributed by atoms with van der Waals surface area (Å²) in [5.74, 6) is 0.0768. The van der Waals surface area contributed by atoms with Gasteiger partial charge < -0.3 is 21.0 Å². The Morgan fingerprint density at radius 2 is 1.77 bits per heavy atom. The highest BCUT2D eigenvalue weighted by Gasteiger charge is 2.30. The molecule has 0 atom stereocenters. The van der Waals surface area contributed by atoms with Gasteiger partial charge in [-0.1, -0.05) is 12.1 Å². The smallest absolute Gasteiger partial charge is 0.399 e. The minimum Gasteiger partial charge on any atom is -0.399 e. The first-order valence-corrected chi connectivity index (χ1v) is 10.9. The van der Waals surface area contributed by atoms with Crippen molar-refractivity contribution in [2.24, 2.45) is 0 Å². The number of rotatable bonds is 5. The number of nitrogens with zero attached hydrogens (tertiary/aromatic N) is 4. The van der Waals surface area contributed by atoms with Crippen LogP contribution in [-0.2, 0) is 25.7 Å². The number of benzene rings is 2. The predicted octanol–water partition coefficient (Wildman–Crippen LogP) is 2.85. The van der Waals surface area contributed by atoms with E-state index >= 15 is 0 Å². The highest BCUT2D eigenvalue weighted by Crippen LogP contribution is 2.29. The number of nitrogen functional groups attached to an aromatic ring is 1. The Labute approximate surface area is 199 Å². The number of anilines is 2. The molecule has 2 aromatic carbocycles. The highest BCUT2D eigenvalue weighted by atomic mass is 19.4. The maximum Gasteiger partial charge on any atom is 0.416 e. The second-order valence-electron chi connectivity index (χ2n) is 8.47. The monoisotopic (exact) mass is 486 g/mol. The average molecular weight is 486 g/mol. The van der Waals surface area contributed by atoms with Crippen molar-refractivity contribution < 1.29 is 18.0 Å². The number of hydrogen-bond donors (Lipinski definition) is 2. The molecule has 0 saturated heterocycles. The Balaban J connectivity index is 1.57. The quantitative estimate of drug-likeness (QED) is 0.539. The van der Waals surface area contributed by atoms with E-state index in [1.807, 2.05) is 0 Å². The van der Waals surface area contributed by atoms with Crippen LogP contribution in [0.25, 0.3) is 0 Å². The van der Waals surface area contributed by atoms with Crippen LogP contribution in [0, 0.1) is 0 Å². The largest absolute Gasteiger partial charge is 0.416 e. The number of nitrogens with one attached hydrogen (secondary N) is 1. The Bertz CT molecular complexity index is 1280. The van der Waals surface area contributed by atoms with Crippen molar-refractivity contribution >= 4 is 17.5 Å². The van der Waals surface area contributed by atoms with E-state index in [0.717, 1.165) is 12.1 Å². The second-order valence-corrected chi connectivity index (χ2v) is 8.47. The van der Waals surface area contributed by atoms with E-state index in [-0.39, 0.29) is 30.5 Å². The van der Waals surface area contributed by atoms with Crippen molar-refractivity contribution in [1.29, 1.82) is 0 Å². The average Bonchev–Trinajstić information content (AvgIpc) is 2.82. The Kier molecular flexibility index (Phi) is 6.42. The van der Waals surface area contributed by atoms with Gasteiger partial charge in [-0.15, -0.1) is 0 Å². The standard InChI is InChI=1S/C24H25F3N6O2/c1-31(2)33-22(35)19-14-32(21(34)16-5-9-18(28)10-6-16)12-11-20(19)30-23(33)29-13-15-3-7-17(8-4-15)24(25,26)27/h3-10H,11-14,28H2,1-2H3,(H,29,30). The predicted molar refractivity (Wildman–Crippen MR) is 127 cm³/mol. The van der Waals surface area contributed by atoms with Gasteiger partial charge in [0, 0.05) is 44.9 Å². The summed E-state index contributed by atoms with van der Waals surface area (Å²) in [5, 5.41) is 4.62. The van der Waals surface area contributed by atoms with Crippen LogP contribution in [0.5, 0.6) is 0 Å². The van der Waals surface area contributed by atoms with Gasteiger partial charge in [-0.2, -0.15) is 17.8 Å². The summed E-state index contributed by atoms with van der Waals surface area (Å²) in [4.78, 5) is 32.5. The summed E-state index contributed by atoms with van der Waals surface area (Å²) in [6.45, 7) is 0.698. The summed E-state index contributed by atoms with van der Waals surface area (Å²) < 4.78 is 39.8. The molecule has 0 aliphatic carbocycles. The van der Waals surface area contributed by atoms with Crippen LogP contribution in [0.15, 0.2) is 53.3 Å². The second kappa shape index (κ2) is 9.32. The molecule has 3 N–H and O–H groups in total. The zero-order valence-electron chi connectivity index (χ0n) is 19.3. The number of fused-ring (bicyclic) bond motifs is 1. The molecule has 1 aromatic heterocycles. The zero-order valence-corrected chi connectivity index (χ0v) is 19.3. The summed E-state index contributed by atoms with van der Waals surface area (Å²) >= 11 is 0. The fraction of sp³-hybridized carbons (Fsp3) is 0.292. The number of amides is 1. The summed E-state index contributed by atoms with van der Waals surface area (Å²) in [6.07, 6.45) is -4.00. The zero-order chi connectivity index (χ0) is 25.3. The lowest BCUT2D eigenvalue weighted by molar-refractivity contribution is -0.137. The van der Waals surface area contributed by atoms with E-state index in [9.17, 15) is 22.8 Å². The molecule has 1 aliphatic rings. The van der Waals surface area contributed by atoms with E-state index in [4.69, 9.17) is 5.73 Å². The summed E-state index contributed by atoms with van der Waals surface area (Å²) in [6, 6.07) is 11.4. The van der Waals surface area contributed by atoms with Crippen LogP contribution in [0.1, 0.15) is 32.7 Å². The number of nitrogens with two attached hydrogens (primary N) is 1. The molecule has 11 heteroatoms. The molecule has 35 heavy (non-hydrogen) atoms. The first kappa shape index (κ1) is 24.1. The van der Waals surface area contributed by atoms with Gasteiger partial charge in [-0.3, -0.25) is 9.59 Å². The van der Waals surface area contributed by atoms with Crippen molar-refractivity contribution in [3.63, 3.8) is 0 Å². The highest BCUT2D eigenvalue weighted by molar-refractivity contribution is 5.94. The topological polar surface area (TPSA) is 96.5 Å². The van der Waals surface area contributed by atoms with Crippen LogP contribution in [-0.4, -0.2) is 41.1 Å². The van der Waals surface area contributed by atoms with Crippen LogP contribution in [0.2, 0.25) is 0 Å². The molecule has 1 aliphatic heterocycles. The molecule has 0 unspecified atom stereocenters. The maximum absolute atomic E-state index is 13.4. The molecule has 4 rings (SSSR count). The third-order valence-electron chi connectivity index (χ3n) is 5.78. The molecular weight excluding hydrogens is 461 g/mol. The van der Waals surface area contributed by atoms with Crippen LogP contribution >= 0.6 is 0 Å². The molecule has 0 radical (unpaired) electrons. The minimum absolute atomic E-state index is 0.122. The lowest BCUT2D eigenvalue weighted by Gasteiger charge is -2.30. The van der Waals surface area contributed by atoms with Gasteiger partial charge in [0.25, 0.3) is 11.5 Å². The van der Waals surface area contributed by atoms with E-state index in [1.54, 1.807) is 48.3 Å². The Morgan fingerprint density at radius 3 is 2.37 bits per heavy atom. The summed E-state index contributed by atoms with van der Waals surface area (Å²) in [7, 11) is 3.36. The van der Waals surface area contributed by atoms with E-state index in [2.05, 4.69) is 10.3 Å². The molecule has 1 amide bonds. The van der Waals surface area contributed by atoms with Gasteiger partial charge in [-0.25, -0.2) is 4.98 Å². The third kappa shape index (κ3) is 5.08. The van der Waals surface area contributed by atoms with E-state index in [0.29, 0.717) is 41.0 Å². The van der Waals surface area contributed by atoms with E-state index in [1.165, 1.54) is 16.8 Å². The SMILES string of the molecule is CN(C)n1c(NCc2ccc(C(F)(F)F)cc2)nc2c(c1=O)CN(C(=O)c1ccc(N)cc1)CC2. The van der Waals surface area contributed by atoms with Crippen molar-refractivity contribution in [2.75, 3.05) is 36.7 Å². The first-order chi connectivity index (χ1) is 16.5. The van der Waals surface area contributed by atoms with Gasteiger partial charge in [0.15, 0.2) is 0 Å². The normalized spacial score (nSPS) is 13.3. The number of alkyl halides is 3. The van der Waals surface area contributed by atoms with E-state index < -0.39 is 11.7 Å². The fourth-order valence-corrected chi connectivity index (χ4v) is 3.93. The summed E-state index contributed by atoms with van der Waals surface area (Å²) in [5.41, 5.74) is 7.32. The molecule has 2 heterocycles. The van der Waals surface area contributed by atoms with Crippen LogP contribution in [0.4, 0.5) is 24.8 Å². The van der Waals surface area contributed by atoms with Crippen LogP contribution < -0.4 is 21.6 Å². The molecular formula is C24H25F3N6O2. The number of carbonyl (C=O) groups excluding carboxylic acids is 1. The van der Waals surface area contributed by atoms with Crippen molar-refractivity contribution in [1.82, 2.24) is 14.6 Å². The maximum atomic E-state index is 13.4. The Hall–Kier alpha value is -4.02. The number of aromatic nitrogens is 2. The molecule has 0 saturated carbocycles. The molecule has 0 fully saturated rings. The van der Waals surface area contributed by atoms with Crippen molar-refractivity contribution in [2.45, 2.75) is 25.7 Å².